The first-order chi connectivity index (χ1) is 10.5. The maximum absolute atomic E-state index is 13.1. The standard InChI is InChI=1S/C18H32N2O3/c1-17(2,3)16(23)20(13-8-10-18(4,5)11-9-13)19-12-6-7-14(19)15(21)22/h13-14H,6-12H2,1-5H3,(H,21,22). The number of carboxylic acid groups (broad SMARTS) is 1. The topological polar surface area (TPSA) is 60.9 Å². The fourth-order valence-electron chi connectivity index (χ4n) is 3.72. The molecule has 0 aromatic heterocycles. The number of hydrogen-bond donors (Lipinski definition) is 1. The zero-order valence-electron chi connectivity index (χ0n) is 15.3. The van der Waals surface area contributed by atoms with Crippen LogP contribution in [0.3, 0.4) is 0 Å². The molecular weight excluding hydrogens is 292 g/mol. The van der Waals surface area contributed by atoms with Gasteiger partial charge in [-0.25, -0.2) is 5.01 Å². The minimum Gasteiger partial charge on any atom is -0.480 e. The van der Waals surface area contributed by atoms with Crippen LogP contribution in [-0.4, -0.2) is 45.6 Å². The SMILES string of the molecule is CC1(C)CCC(N(C(=O)C(C)(C)C)N2CCCC2C(=O)O)CC1. The summed E-state index contributed by atoms with van der Waals surface area (Å²) in [6, 6.07) is -0.425. The molecule has 2 aliphatic rings. The largest absolute Gasteiger partial charge is 0.480 e. The minimum absolute atomic E-state index is 0.0513. The quantitative estimate of drug-likeness (QED) is 0.865. The summed E-state index contributed by atoms with van der Waals surface area (Å²) in [6.45, 7) is 11.0. The van der Waals surface area contributed by atoms with Crippen molar-refractivity contribution in [3.63, 3.8) is 0 Å². The number of nitrogens with zero attached hydrogens (tertiary/aromatic N) is 2. The lowest BCUT2D eigenvalue weighted by Gasteiger charge is -2.46. The highest BCUT2D eigenvalue weighted by atomic mass is 16.4. The molecule has 0 bridgehead atoms. The summed E-state index contributed by atoms with van der Waals surface area (Å²) in [4.78, 5) is 24.7. The lowest BCUT2D eigenvalue weighted by molar-refractivity contribution is -0.175. The Morgan fingerprint density at radius 1 is 1.13 bits per heavy atom. The van der Waals surface area contributed by atoms with Gasteiger partial charge in [0.25, 0.3) is 0 Å². The zero-order chi connectivity index (χ0) is 17.4. The molecule has 0 aromatic carbocycles. The Morgan fingerprint density at radius 2 is 1.70 bits per heavy atom. The number of hydrogen-bond acceptors (Lipinski definition) is 3. The van der Waals surface area contributed by atoms with Crippen LogP contribution in [-0.2, 0) is 9.59 Å². The van der Waals surface area contributed by atoms with Crippen molar-refractivity contribution in [2.75, 3.05) is 6.54 Å². The van der Waals surface area contributed by atoms with E-state index >= 15 is 0 Å². The molecule has 1 atom stereocenters. The maximum atomic E-state index is 13.1. The molecule has 1 saturated carbocycles. The second kappa shape index (κ2) is 6.42. The van der Waals surface area contributed by atoms with Gasteiger partial charge in [-0.15, -0.1) is 0 Å². The van der Waals surface area contributed by atoms with Gasteiger partial charge in [0.05, 0.1) is 0 Å². The van der Waals surface area contributed by atoms with Gasteiger partial charge in [-0.05, 0) is 43.9 Å². The van der Waals surface area contributed by atoms with E-state index in [2.05, 4.69) is 13.8 Å². The Bertz CT molecular complexity index is 457. The highest BCUT2D eigenvalue weighted by Crippen LogP contribution is 2.39. The fraction of sp³-hybridized carbons (Fsp3) is 0.889. The number of rotatable bonds is 3. The number of carboxylic acids is 1. The van der Waals surface area contributed by atoms with E-state index in [9.17, 15) is 14.7 Å². The van der Waals surface area contributed by atoms with Crippen LogP contribution in [0.2, 0.25) is 0 Å². The molecule has 1 heterocycles. The van der Waals surface area contributed by atoms with Gasteiger partial charge in [-0.1, -0.05) is 34.6 Å². The van der Waals surface area contributed by atoms with E-state index in [-0.39, 0.29) is 11.9 Å². The van der Waals surface area contributed by atoms with Gasteiger partial charge in [-0.3, -0.25) is 14.6 Å². The molecule has 1 amide bonds. The smallest absolute Gasteiger partial charge is 0.322 e. The van der Waals surface area contributed by atoms with Crippen molar-refractivity contribution in [1.29, 1.82) is 0 Å². The van der Waals surface area contributed by atoms with E-state index in [0.29, 0.717) is 18.4 Å². The van der Waals surface area contributed by atoms with Crippen LogP contribution < -0.4 is 0 Å². The van der Waals surface area contributed by atoms with Crippen molar-refractivity contribution in [3.05, 3.63) is 0 Å². The molecule has 1 aliphatic carbocycles. The third-order valence-corrected chi connectivity index (χ3v) is 5.29. The van der Waals surface area contributed by atoms with Crippen molar-refractivity contribution in [2.45, 2.75) is 85.2 Å². The van der Waals surface area contributed by atoms with Crippen LogP contribution in [0.4, 0.5) is 0 Å². The Kier molecular flexibility index (Phi) is 5.09. The molecule has 1 saturated heterocycles. The Labute approximate surface area is 140 Å². The third-order valence-electron chi connectivity index (χ3n) is 5.29. The predicted molar refractivity (Wildman–Crippen MR) is 89.7 cm³/mol. The van der Waals surface area contributed by atoms with Crippen molar-refractivity contribution < 1.29 is 14.7 Å². The Morgan fingerprint density at radius 3 is 2.17 bits per heavy atom. The molecule has 2 rings (SSSR count). The van der Waals surface area contributed by atoms with Gasteiger partial charge in [0, 0.05) is 18.0 Å². The molecule has 0 aromatic rings. The van der Waals surface area contributed by atoms with Crippen molar-refractivity contribution >= 4 is 11.9 Å². The van der Waals surface area contributed by atoms with Gasteiger partial charge >= 0.3 is 5.97 Å². The fourth-order valence-corrected chi connectivity index (χ4v) is 3.72. The van der Waals surface area contributed by atoms with E-state index in [0.717, 1.165) is 32.1 Å². The highest BCUT2D eigenvalue weighted by molar-refractivity contribution is 5.82. The molecule has 1 unspecified atom stereocenters. The number of carbonyl (C=O) groups excluding carboxylic acids is 1. The van der Waals surface area contributed by atoms with E-state index in [1.54, 1.807) is 0 Å². The third kappa shape index (κ3) is 4.06. The van der Waals surface area contributed by atoms with Gasteiger partial charge in [0.1, 0.15) is 6.04 Å². The normalized spacial score (nSPS) is 26.2. The molecule has 5 heteroatoms. The number of aliphatic carboxylic acids is 1. The second-order valence-electron chi connectivity index (χ2n) is 8.95. The summed E-state index contributed by atoms with van der Waals surface area (Å²) >= 11 is 0. The van der Waals surface area contributed by atoms with Crippen molar-refractivity contribution in [1.82, 2.24) is 10.0 Å². The van der Waals surface area contributed by atoms with Gasteiger partial charge in [0.15, 0.2) is 0 Å². The van der Waals surface area contributed by atoms with Crippen molar-refractivity contribution in [2.24, 2.45) is 10.8 Å². The minimum atomic E-state index is -0.814. The van der Waals surface area contributed by atoms with Crippen LogP contribution >= 0.6 is 0 Å². The number of hydrazine groups is 1. The van der Waals surface area contributed by atoms with E-state index < -0.39 is 17.4 Å². The first kappa shape index (κ1) is 18.2. The lowest BCUT2D eigenvalue weighted by Crippen LogP contribution is -2.59. The molecule has 0 radical (unpaired) electrons. The maximum Gasteiger partial charge on any atom is 0.322 e. The summed E-state index contributed by atoms with van der Waals surface area (Å²) in [5.41, 5.74) is -0.178. The summed E-state index contributed by atoms with van der Waals surface area (Å²) in [7, 11) is 0. The highest BCUT2D eigenvalue weighted by Gasteiger charge is 2.44. The molecule has 1 aliphatic heterocycles. The average Bonchev–Trinajstić information content (AvgIpc) is 2.89. The van der Waals surface area contributed by atoms with E-state index in [1.165, 1.54) is 0 Å². The monoisotopic (exact) mass is 324 g/mol. The van der Waals surface area contributed by atoms with Gasteiger partial charge < -0.3 is 5.11 Å². The molecule has 23 heavy (non-hydrogen) atoms. The molecule has 1 N–H and O–H groups in total. The number of amides is 1. The predicted octanol–water partition coefficient (Wildman–Crippen LogP) is 3.29. The molecular formula is C18H32N2O3. The molecule has 2 fully saturated rings. The van der Waals surface area contributed by atoms with Crippen LogP contribution in [0, 0.1) is 10.8 Å². The first-order valence-corrected chi connectivity index (χ1v) is 8.86. The van der Waals surface area contributed by atoms with Gasteiger partial charge in [0.2, 0.25) is 5.91 Å². The molecule has 132 valence electrons. The molecule has 5 nitrogen and oxygen atoms in total. The lowest BCUT2D eigenvalue weighted by atomic mass is 9.75. The Balaban J connectivity index is 2.26. The van der Waals surface area contributed by atoms with Crippen molar-refractivity contribution in [3.8, 4) is 0 Å². The summed E-state index contributed by atoms with van der Waals surface area (Å²) in [6.07, 6.45) is 5.54. The van der Waals surface area contributed by atoms with E-state index in [1.807, 2.05) is 30.8 Å². The van der Waals surface area contributed by atoms with Crippen LogP contribution in [0.1, 0.15) is 73.1 Å². The van der Waals surface area contributed by atoms with Crippen LogP contribution in [0.5, 0.6) is 0 Å². The average molecular weight is 324 g/mol. The second-order valence-corrected chi connectivity index (χ2v) is 8.95. The Hall–Kier alpha value is -1.10. The van der Waals surface area contributed by atoms with Crippen LogP contribution in [0.25, 0.3) is 0 Å². The van der Waals surface area contributed by atoms with E-state index in [4.69, 9.17) is 0 Å². The summed E-state index contributed by atoms with van der Waals surface area (Å²) in [5, 5.41) is 13.2. The number of carbonyl (C=O) groups is 2. The van der Waals surface area contributed by atoms with Crippen LogP contribution in [0.15, 0.2) is 0 Å². The zero-order valence-corrected chi connectivity index (χ0v) is 15.3. The summed E-state index contributed by atoms with van der Waals surface area (Å²) < 4.78 is 0. The first-order valence-electron chi connectivity index (χ1n) is 8.86. The molecule has 0 spiro atoms. The van der Waals surface area contributed by atoms with Gasteiger partial charge in [-0.2, -0.15) is 0 Å². The summed E-state index contributed by atoms with van der Waals surface area (Å²) in [5.74, 6) is -0.763.